The van der Waals surface area contributed by atoms with Crippen molar-refractivity contribution in [1.29, 1.82) is 0 Å². The van der Waals surface area contributed by atoms with Crippen LogP contribution >= 0.6 is 34.5 Å². The smallest absolute Gasteiger partial charge is 0.259 e. The summed E-state index contributed by atoms with van der Waals surface area (Å²) in [5, 5.41) is 8.89. The average Bonchev–Trinajstić information content (AvgIpc) is 2.92. The second-order valence-electron chi connectivity index (χ2n) is 4.57. The van der Waals surface area contributed by atoms with E-state index >= 15 is 0 Å². The van der Waals surface area contributed by atoms with Crippen LogP contribution in [0.5, 0.6) is 0 Å². The monoisotopic (exact) mass is 369 g/mol. The number of benzene rings is 1. The van der Waals surface area contributed by atoms with Gasteiger partial charge in [-0.05, 0) is 42.1 Å². The van der Waals surface area contributed by atoms with Crippen molar-refractivity contribution in [2.24, 2.45) is 5.10 Å². The number of nitrogens with one attached hydrogen (secondary N) is 2. The predicted octanol–water partition coefficient (Wildman–Crippen LogP) is 3.24. The molecule has 0 aliphatic carbocycles. The zero-order chi connectivity index (χ0) is 16.8. The molecule has 5 nitrogen and oxygen atoms in total. The van der Waals surface area contributed by atoms with Gasteiger partial charge < -0.3 is 5.32 Å². The van der Waals surface area contributed by atoms with E-state index < -0.39 is 11.8 Å². The van der Waals surface area contributed by atoms with Crippen LogP contribution in [-0.4, -0.2) is 24.6 Å². The van der Waals surface area contributed by atoms with Crippen LogP contribution in [0.15, 0.2) is 34.7 Å². The number of hydrazone groups is 1. The van der Waals surface area contributed by atoms with Gasteiger partial charge in [-0.15, -0.1) is 11.3 Å². The van der Waals surface area contributed by atoms with E-state index in [-0.39, 0.29) is 17.1 Å². The number of nitrogens with zero attached hydrogens (tertiary/aromatic N) is 1. The van der Waals surface area contributed by atoms with Gasteiger partial charge in [-0.25, -0.2) is 5.43 Å². The molecule has 120 valence electrons. The van der Waals surface area contributed by atoms with Gasteiger partial charge in [0, 0.05) is 9.90 Å². The molecule has 8 heteroatoms. The Labute approximate surface area is 147 Å². The first kappa shape index (κ1) is 17.5. The highest BCUT2D eigenvalue weighted by Gasteiger charge is 2.12. The van der Waals surface area contributed by atoms with Crippen molar-refractivity contribution in [3.05, 3.63) is 55.7 Å². The van der Waals surface area contributed by atoms with E-state index in [1.807, 2.05) is 18.4 Å². The number of halogens is 2. The lowest BCUT2D eigenvalue weighted by Gasteiger charge is -2.06. The quantitative estimate of drug-likeness (QED) is 0.627. The molecule has 2 rings (SSSR count). The Hall–Kier alpha value is -1.89. The van der Waals surface area contributed by atoms with Crippen molar-refractivity contribution in [2.45, 2.75) is 6.92 Å². The fourth-order valence-corrected chi connectivity index (χ4v) is 2.81. The summed E-state index contributed by atoms with van der Waals surface area (Å²) in [6, 6.07) is 6.50. The number of amides is 2. The Morgan fingerprint density at radius 2 is 2.09 bits per heavy atom. The summed E-state index contributed by atoms with van der Waals surface area (Å²) in [7, 11) is 0. The molecule has 0 aliphatic rings. The van der Waals surface area contributed by atoms with Gasteiger partial charge in [0.25, 0.3) is 11.8 Å². The summed E-state index contributed by atoms with van der Waals surface area (Å²) in [5.74, 6) is -0.923. The third-order valence-corrected chi connectivity index (χ3v) is 4.37. The highest BCUT2D eigenvalue weighted by Crippen LogP contribution is 2.20. The van der Waals surface area contributed by atoms with Crippen molar-refractivity contribution in [2.75, 3.05) is 6.54 Å². The van der Waals surface area contributed by atoms with Gasteiger partial charge in [0.2, 0.25) is 0 Å². The third kappa shape index (κ3) is 5.06. The molecule has 0 aliphatic heterocycles. The molecule has 1 aromatic carbocycles. The van der Waals surface area contributed by atoms with Gasteiger partial charge in [-0.2, -0.15) is 5.10 Å². The largest absolute Gasteiger partial charge is 0.343 e. The van der Waals surface area contributed by atoms with Gasteiger partial charge in [0.15, 0.2) is 0 Å². The van der Waals surface area contributed by atoms with Gasteiger partial charge in [-0.1, -0.05) is 23.2 Å². The van der Waals surface area contributed by atoms with E-state index in [0.717, 1.165) is 10.4 Å². The predicted molar refractivity (Wildman–Crippen MR) is 93.6 cm³/mol. The van der Waals surface area contributed by atoms with E-state index in [1.165, 1.54) is 23.5 Å². The van der Waals surface area contributed by atoms with Crippen molar-refractivity contribution in [1.82, 2.24) is 10.7 Å². The number of thiophene rings is 1. The Morgan fingerprint density at radius 1 is 1.30 bits per heavy atom. The van der Waals surface area contributed by atoms with E-state index in [9.17, 15) is 9.59 Å². The lowest BCUT2D eigenvalue weighted by molar-refractivity contribution is -0.120. The standard InChI is InChI=1S/C15H13Cl2N3O2S/c1-9-4-5-23-13(9)7-19-20-14(21)8-18-15(22)11-6-10(16)2-3-12(11)17/h2-7H,8H2,1H3,(H,18,22)(H,20,21)/b19-7+. The van der Waals surface area contributed by atoms with Crippen LogP contribution in [0.1, 0.15) is 20.8 Å². The lowest BCUT2D eigenvalue weighted by Crippen LogP contribution is -2.35. The number of hydrogen-bond acceptors (Lipinski definition) is 4. The maximum Gasteiger partial charge on any atom is 0.259 e. The Kier molecular flexibility index (Phi) is 6.15. The second kappa shape index (κ2) is 8.10. The molecule has 23 heavy (non-hydrogen) atoms. The Bertz CT molecular complexity index is 759. The summed E-state index contributed by atoms with van der Waals surface area (Å²) in [6.45, 7) is 1.73. The molecular formula is C15H13Cl2N3O2S. The number of hydrogen-bond donors (Lipinski definition) is 2. The normalized spacial score (nSPS) is 10.7. The highest BCUT2D eigenvalue weighted by atomic mass is 35.5. The van der Waals surface area contributed by atoms with Crippen molar-refractivity contribution < 1.29 is 9.59 Å². The number of carbonyl (C=O) groups is 2. The molecule has 2 aromatic rings. The van der Waals surface area contributed by atoms with Crippen LogP contribution in [0.2, 0.25) is 10.0 Å². The molecule has 0 spiro atoms. The van der Waals surface area contributed by atoms with Gasteiger partial charge >= 0.3 is 0 Å². The molecule has 0 saturated heterocycles. The maximum absolute atomic E-state index is 12.0. The zero-order valence-electron chi connectivity index (χ0n) is 12.1. The molecule has 0 fully saturated rings. The van der Waals surface area contributed by atoms with Crippen molar-refractivity contribution in [3.63, 3.8) is 0 Å². The first-order chi connectivity index (χ1) is 11.0. The van der Waals surface area contributed by atoms with E-state index in [0.29, 0.717) is 5.02 Å². The first-order valence-corrected chi connectivity index (χ1v) is 8.20. The van der Waals surface area contributed by atoms with Crippen LogP contribution in [0.4, 0.5) is 0 Å². The molecule has 0 saturated carbocycles. The highest BCUT2D eigenvalue weighted by molar-refractivity contribution is 7.11. The average molecular weight is 370 g/mol. The van der Waals surface area contributed by atoms with E-state index in [2.05, 4.69) is 15.8 Å². The lowest BCUT2D eigenvalue weighted by atomic mass is 10.2. The summed E-state index contributed by atoms with van der Waals surface area (Å²) in [5.41, 5.74) is 3.64. The fraction of sp³-hybridized carbons (Fsp3) is 0.133. The molecule has 0 bridgehead atoms. The minimum atomic E-state index is -0.481. The van der Waals surface area contributed by atoms with Gasteiger partial charge in [0.1, 0.15) is 0 Å². The van der Waals surface area contributed by atoms with Crippen LogP contribution < -0.4 is 10.7 Å². The molecule has 2 N–H and O–H groups in total. The Morgan fingerprint density at radius 3 is 2.78 bits per heavy atom. The molecule has 2 amide bonds. The minimum Gasteiger partial charge on any atom is -0.343 e. The van der Waals surface area contributed by atoms with E-state index in [1.54, 1.807) is 12.3 Å². The Balaban J connectivity index is 1.84. The second-order valence-corrected chi connectivity index (χ2v) is 6.36. The minimum absolute atomic E-state index is 0.213. The summed E-state index contributed by atoms with van der Waals surface area (Å²) < 4.78 is 0. The van der Waals surface area contributed by atoms with Gasteiger partial charge in [-0.3, -0.25) is 9.59 Å². The van der Waals surface area contributed by atoms with Gasteiger partial charge in [0.05, 0.1) is 23.3 Å². The SMILES string of the molecule is Cc1ccsc1/C=N/NC(=O)CNC(=O)c1cc(Cl)ccc1Cl. The number of aryl methyl sites for hydroxylation is 1. The molecule has 0 atom stereocenters. The van der Waals surface area contributed by atoms with Crippen LogP contribution in [0, 0.1) is 6.92 Å². The maximum atomic E-state index is 12.0. The van der Waals surface area contributed by atoms with Crippen LogP contribution in [-0.2, 0) is 4.79 Å². The summed E-state index contributed by atoms with van der Waals surface area (Å²) >= 11 is 13.3. The van der Waals surface area contributed by atoms with E-state index in [4.69, 9.17) is 23.2 Å². The molecule has 0 radical (unpaired) electrons. The zero-order valence-corrected chi connectivity index (χ0v) is 14.4. The summed E-state index contributed by atoms with van der Waals surface area (Å²) in [6.07, 6.45) is 1.56. The first-order valence-electron chi connectivity index (χ1n) is 6.56. The fourth-order valence-electron chi connectivity index (χ4n) is 1.65. The topological polar surface area (TPSA) is 70.6 Å². The van der Waals surface area contributed by atoms with Crippen LogP contribution in [0.3, 0.4) is 0 Å². The number of rotatable bonds is 5. The summed E-state index contributed by atoms with van der Waals surface area (Å²) in [4.78, 5) is 24.6. The number of carbonyl (C=O) groups excluding carboxylic acids is 2. The molecule has 1 heterocycles. The molecular weight excluding hydrogens is 357 g/mol. The van der Waals surface area contributed by atoms with Crippen molar-refractivity contribution in [3.8, 4) is 0 Å². The molecule has 1 aromatic heterocycles. The third-order valence-electron chi connectivity index (χ3n) is 2.86. The molecule has 0 unspecified atom stereocenters. The van der Waals surface area contributed by atoms with Crippen LogP contribution in [0.25, 0.3) is 0 Å². The van der Waals surface area contributed by atoms with Crippen molar-refractivity contribution >= 4 is 52.6 Å².